The van der Waals surface area contributed by atoms with E-state index in [1.165, 1.54) is 4.88 Å². The summed E-state index contributed by atoms with van der Waals surface area (Å²) < 4.78 is 22.5. The minimum Gasteiger partial charge on any atom is -0.368 e. The fourth-order valence-corrected chi connectivity index (χ4v) is 3.82. The lowest BCUT2D eigenvalue weighted by Gasteiger charge is -2.36. The quantitative estimate of drug-likeness (QED) is 0.916. The lowest BCUT2D eigenvalue weighted by molar-refractivity contribution is 0.597. The van der Waals surface area contributed by atoms with Gasteiger partial charge in [-0.2, -0.15) is 0 Å². The molecule has 1 aromatic heterocycles. The lowest BCUT2D eigenvalue weighted by Crippen LogP contribution is -2.46. The smallest absolute Gasteiger partial charge is 0.238 e. The zero-order valence-electron chi connectivity index (χ0n) is 12.3. The van der Waals surface area contributed by atoms with Crippen molar-refractivity contribution in [3.63, 3.8) is 0 Å². The van der Waals surface area contributed by atoms with Crippen molar-refractivity contribution in [1.29, 1.82) is 0 Å². The molecule has 0 amide bonds. The third-order valence-corrected chi connectivity index (χ3v) is 5.59. The zero-order valence-corrected chi connectivity index (χ0v) is 13.9. The highest BCUT2D eigenvalue weighted by Gasteiger charge is 2.19. The Morgan fingerprint density at radius 2 is 1.68 bits per heavy atom. The third kappa shape index (κ3) is 3.23. The van der Waals surface area contributed by atoms with Gasteiger partial charge in [0.15, 0.2) is 5.13 Å². The Morgan fingerprint density at radius 3 is 2.18 bits per heavy atom. The molecule has 6 nitrogen and oxygen atoms in total. The molecule has 118 valence electrons. The highest BCUT2D eigenvalue weighted by atomic mass is 32.2. The number of benzene rings is 1. The van der Waals surface area contributed by atoms with Crippen molar-refractivity contribution in [2.45, 2.75) is 11.8 Å². The number of thiazole rings is 1. The first-order valence-corrected chi connectivity index (χ1v) is 9.35. The Bertz CT molecular complexity index is 747. The monoisotopic (exact) mass is 338 g/mol. The number of hydrogen-bond acceptors (Lipinski definition) is 6. The lowest BCUT2D eigenvalue weighted by atomic mass is 10.2. The van der Waals surface area contributed by atoms with Crippen LogP contribution in [0.25, 0.3) is 0 Å². The van der Waals surface area contributed by atoms with E-state index in [2.05, 4.69) is 21.7 Å². The van der Waals surface area contributed by atoms with Crippen molar-refractivity contribution < 1.29 is 8.42 Å². The van der Waals surface area contributed by atoms with Crippen molar-refractivity contribution in [3.8, 4) is 0 Å². The third-order valence-electron chi connectivity index (χ3n) is 3.69. The number of anilines is 2. The summed E-state index contributed by atoms with van der Waals surface area (Å²) >= 11 is 1.71. The normalized spacial score (nSPS) is 16.1. The highest BCUT2D eigenvalue weighted by Crippen LogP contribution is 2.25. The van der Waals surface area contributed by atoms with E-state index >= 15 is 0 Å². The molecule has 1 aromatic carbocycles. The molecule has 0 atom stereocenters. The van der Waals surface area contributed by atoms with Gasteiger partial charge in [0.1, 0.15) is 0 Å². The summed E-state index contributed by atoms with van der Waals surface area (Å²) in [5.41, 5.74) is 1.02. The van der Waals surface area contributed by atoms with Gasteiger partial charge in [0.05, 0.1) is 4.90 Å². The van der Waals surface area contributed by atoms with Gasteiger partial charge in [-0.1, -0.05) is 0 Å². The predicted octanol–water partition coefficient (Wildman–Crippen LogP) is 1.43. The molecule has 2 N–H and O–H groups in total. The SMILES string of the molecule is Cc1cnc(N2CCN(c3ccc(S(N)(=O)=O)cc3)CC2)s1. The van der Waals surface area contributed by atoms with Gasteiger partial charge in [-0.05, 0) is 31.2 Å². The van der Waals surface area contributed by atoms with E-state index < -0.39 is 10.0 Å². The van der Waals surface area contributed by atoms with Crippen LogP contribution in [0.4, 0.5) is 10.8 Å². The first-order valence-electron chi connectivity index (χ1n) is 6.99. The Morgan fingerprint density at radius 1 is 1.09 bits per heavy atom. The van der Waals surface area contributed by atoms with Crippen LogP contribution in [0.3, 0.4) is 0 Å². The maximum Gasteiger partial charge on any atom is 0.238 e. The van der Waals surface area contributed by atoms with Crippen LogP contribution < -0.4 is 14.9 Å². The highest BCUT2D eigenvalue weighted by molar-refractivity contribution is 7.89. The molecule has 1 saturated heterocycles. The largest absolute Gasteiger partial charge is 0.368 e. The van der Waals surface area contributed by atoms with E-state index in [4.69, 9.17) is 5.14 Å². The molecular formula is C14H18N4O2S2. The summed E-state index contributed by atoms with van der Waals surface area (Å²) in [6.45, 7) is 5.64. The molecule has 2 aromatic rings. The van der Waals surface area contributed by atoms with Crippen LogP contribution in [-0.4, -0.2) is 39.6 Å². The van der Waals surface area contributed by atoms with Crippen molar-refractivity contribution in [3.05, 3.63) is 35.3 Å². The average molecular weight is 338 g/mol. The molecule has 3 rings (SSSR count). The molecule has 0 aliphatic carbocycles. The number of sulfonamides is 1. The van der Waals surface area contributed by atoms with E-state index in [1.807, 2.05) is 18.3 Å². The topological polar surface area (TPSA) is 79.5 Å². The van der Waals surface area contributed by atoms with Crippen LogP contribution in [0.15, 0.2) is 35.4 Å². The number of nitrogens with two attached hydrogens (primary N) is 1. The van der Waals surface area contributed by atoms with Crippen LogP contribution in [0.2, 0.25) is 0 Å². The van der Waals surface area contributed by atoms with Crippen molar-refractivity contribution in [2.24, 2.45) is 5.14 Å². The van der Waals surface area contributed by atoms with Crippen LogP contribution in [0.1, 0.15) is 4.88 Å². The number of aryl methyl sites for hydroxylation is 1. The van der Waals surface area contributed by atoms with Crippen LogP contribution in [-0.2, 0) is 10.0 Å². The minimum absolute atomic E-state index is 0.146. The predicted molar refractivity (Wildman–Crippen MR) is 89.1 cm³/mol. The molecule has 22 heavy (non-hydrogen) atoms. The van der Waals surface area contributed by atoms with Gasteiger partial charge in [-0.25, -0.2) is 18.5 Å². The van der Waals surface area contributed by atoms with Gasteiger partial charge < -0.3 is 9.80 Å². The Kier molecular flexibility index (Phi) is 4.07. The number of hydrogen-bond donors (Lipinski definition) is 1. The van der Waals surface area contributed by atoms with E-state index in [1.54, 1.807) is 23.5 Å². The second kappa shape index (κ2) is 5.86. The molecule has 1 fully saturated rings. The molecule has 2 heterocycles. The summed E-state index contributed by atoms with van der Waals surface area (Å²) in [6.07, 6.45) is 1.90. The van der Waals surface area contributed by atoms with Crippen molar-refractivity contribution in [1.82, 2.24) is 4.98 Å². The average Bonchev–Trinajstić information content (AvgIpc) is 2.93. The zero-order chi connectivity index (χ0) is 15.7. The fraction of sp³-hybridized carbons (Fsp3) is 0.357. The fourth-order valence-electron chi connectivity index (χ4n) is 2.49. The number of primary sulfonamides is 1. The van der Waals surface area contributed by atoms with E-state index in [0.717, 1.165) is 37.0 Å². The maximum atomic E-state index is 11.3. The first kappa shape index (κ1) is 15.3. The summed E-state index contributed by atoms with van der Waals surface area (Å²) in [6, 6.07) is 6.73. The second-order valence-electron chi connectivity index (χ2n) is 5.27. The van der Waals surface area contributed by atoms with E-state index in [9.17, 15) is 8.42 Å². The van der Waals surface area contributed by atoms with Crippen LogP contribution >= 0.6 is 11.3 Å². The van der Waals surface area contributed by atoms with Crippen molar-refractivity contribution in [2.75, 3.05) is 36.0 Å². The van der Waals surface area contributed by atoms with Gasteiger partial charge >= 0.3 is 0 Å². The first-order chi connectivity index (χ1) is 10.4. The van der Waals surface area contributed by atoms with Crippen LogP contribution in [0, 0.1) is 6.92 Å². The van der Waals surface area contributed by atoms with Gasteiger partial charge in [0.2, 0.25) is 10.0 Å². The molecule has 0 radical (unpaired) electrons. The van der Waals surface area contributed by atoms with Gasteiger partial charge in [0, 0.05) is 42.9 Å². The molecule has 1 aliphatic heterocycles. The summed E-state index contributed by atoms with van der Waals surface area (Å²) in [4.78, 5) is 10.3. The molecular weight excluding hydrogens is 320 g/mol. The molecule has 0 spiro atoms. The summed E-state index contributed by atoms with van der Waals surface area (Å²) in [7, 11) is -3.63. The number of nitrogens with zero attached hydrogens (tertiary/aromatic N) is 3. The minimum atomic E-state index is -3.63. The summed E-state index contributed by atoms with van der Waals surface area (Å²) in [5, 5.41) is 6.19. The van der Waals surface area contributed by atoms with Gasteiger partial charge in [-0.3, -0.25) is 0 Å². The van der Waals surface area contributed by atoms with E-state index in [-0.39, 0.29) is 4.90 Å². The summed E-state index contributed by atoms with van der Waals surface area (Å²) in [5.74, 6) is 0. The Labute approximate surface area is 134 Å². The molecule has 8 heteroatoms. The molecule has 0 unspecified atom stereocenters. The molecule has 1 aliphatic rings. The molecule has 0 bridgehead atoms. The Hall–Kier alpha value is -1.64. The number of aromatic nitrogens is 1. The van der Waals surface area contributed by atoms with Gasteiger partial charge in [-0.15, -0.1) is 11.3 Å². The number of piperazine rings is 1. The maximum absolute atomic E-state index is 11.3. The van der Waals surface area contributed by atoms with Crippen LogP contribution in [0.5, 0.6) is 0 Å². The Balaban J connectivity index is 1.66. The molecule has 0 saturated carbocycles. The standard InChI is InChI=1S/C14H18N4O2S2/c1-11-10-16-14(21-11)18-8-6-17(7-9-18)12-2-4-13(5-3-12)22(15,19)20/h2-5,10H,6-9H2,1H3,(H2,15,19,20). The second-order valence-corrected chi connectivity index (χ2v) is 8.04. The van der Waals surface area contributed by atoms with Gasteiger partial charge in [0.25, 0.3) is 0 Å². The van der Waals surface area contributed by atoms with E-state index in [0.29, 0.717) is 0 Å². The van der Waals surface area contributed by atoms with Crippen molar-refractivity contribution >= 4 is 32.2 Å². The number of rotatable bonds is 3.